The molecule has 0 radical (unpaired) electrons. The van der Waals surface area contributed by atoms with E-state index in [1.807, 2.05) is 21.3 Å². The summed E-state index contributed by atoms with van der Waals surface area (Å²) in [6, 6.07) is -10.7. The first kappa shape index (κ1) is 86.7. The number of ether oxygens (including phenoxy) is 1. The largest absolute Gasteiger partial charge is 0.481 e. The van der Waals surface area contributed by atoms with Crippen molar-refractivity contribution in [3.8, 4) is 0 Å². The second-order valence-corrected chi connectivity index (χ2v) is 24.5. The number of amides is 14. The number of anilines is 1. The molecule has 11 unspecified atom stereocenters. The van der Waals surface area contributed by atoms with E-state index in [2.05, 4.69) is 52.8 Å². The van der Waals surface area contributed by atoms with Gasteiger partial charge in [0, 0.05) is 48.1 Å². The number of Topliss-reactive ketones (excluding diaryl/α,β-unsaturated/α-hetero) is 1. The maximum atomic E-state index is 14.7. The van der Waals surface area contributed by atoms with E-state index in [9.17, 15) is 121 Å². The van der Waals surface area contributed by atoms with Crippen molar-refractivity contribution >= 4 is 135 Å². The molecule has 582 valence electrons. The Hall–Kier alpha value is -12.7. The minimum absolute atomic E-state index is 0.0941. The number of aromatic nitrogens is 1. The van der Waals surface area contributed by atoms with Crippen LogP contribution >= 0.6 is 0 Å². The number of aromatic amines is 1. The molecule has 2 aromatic carbocycles. The van der Waals surface area contributed by atoms with E-state index in [0.717, 1.165) is 27.7 Å². The zero-order valence-electron chi connectivity index (χ0n) is 57.9. The third kappa shape index (κ3) is 28.1. The number of carboxylic acid groups (broad SMARTS) is 4. The van der Waals surface area contributed by atoms with Crippen LogP contribution in [0.25, 0.3) is 10.9 Å². The highest BCUT2D eigenvalue weighted by molar-refractivity contribution is 6.05. The Labute approximate surface area is 606 Å². The fraction of sp³-hybridized carbons (Fsp3) is 0.469. The molecule has 25 N–H and O–H groups in total. The zero-order valence-corrected chi connectivity index (χ0v) is 57.9. The molecule has 0 bridgehead atoms. The number of esters is 1. The molecule has 43 nitrogen and oxygen atoms in total. The molecule has 107 heavy (non-hydrogen) atoms. The van der Waals surface area contributed by atoms with Crippen LogP contribution < -0.4 is 86.3 Å². The number of fused-ring (bicyclic) bond motifs is 1. The van der Waals surface area contributed by atoms with Gasteiger partial charge in [0.15, 0.2) is 5.78 Å². The molecule has 1 saturated heterocycles. The van der Waals surface area contributed by atoms with Crippen LogP contribution in [0.1, 0.15) is 95.0 Å². The van der Waals surface area contributed by atoms with Gasteiger partial charge < -0.3 is 122 Å². The molecule has 0 saturated carbocycles. The molecule has 4 rings (SSSR count). The topological polar surface area (TPSA) is 702 Å². The molecule has 13 atom stereocenters. The number of hydrogen-bond donors (Lipinski definition) is 22. The number of benzene rings is 2. The molecule has 1 aromatic heterocycles. The van der Waals surface area contributed by atoms with Gasteiger partial charge in [-0.1, -0.05) is 37.3 Å². The van der Waals surface area contributed by atoms with Gasteiger partial charge in [-0.25, -0.2) is 4.79 Å². The molecule has 1 fully saturated rings. The summed E-state index contributed by atoms with van der Waals surface area (Å²) in [5.74, 6) is -30.0. The Kier molecular flexibility index (Phi) is 33.7. The molecular formula is C64H85N17O26. The highest BCUT2D eigenvalue weighted by Gasteiger charge is 2.41. The molecular weight excluding hydrogens is 1420 g/mol. The summed E-state index contributed by atoms with van der Waals surface area (Å²) in [5, 5.41) is 77.8. The standard InChI is InChI=1S/C64H85N17O26/c1-27(16-48(88)89)52-63(105)79-42(18-44(84)33-11-5-7-12-34(33)66)64(106)107-29(3)53(81-60(102)41(22-51(94)95)78-59(101)38(19-45(67)85)76-58(100)37(72-30(4)83)17-31-23-68-35-13-8-6-10-32(31)35)62(104)70-25-46(86)73-36(14-9-15-65)56(98)77-40(21-50(92)93)57(99)71-28(2)54(96)75-39(20-49(90)91)55(97)69-24-47(87)74-43(26-82)61(103)80-52/h5-8,10-13,23,27-29,36-43,52-53,68,82H,9,14-22,24-26,65-66H2,1-4H3,(H2,67,85)(H,69,97)(H,70,104)(H,71,99)(H,72,83)(H,73,86)(H,74,87)(H,75,96)(H,76,100)(H,77,98)(H,78,101)(H,79,105)(H,80,103)(H,81,102)(H,88,89)(H,90,91)(H,92,93)(H,94,95)/t27?,28?,29?,36?,37-,38-,39?,40?,41?,42?,43?,52?,53?/m0/s1. The highest BCUT2D eigenvalue weighted by Crippen LogP contribution is 2.21. The Morgan fingerprint density at radius 3 is 1.68 bits per heavy atom. The predicted octanol–water partition coefficient (Wildman–Crippen LogP) is -8.74. The lowest BCUT2D eigenvalue weighted by Gasteiger charge is -2.30. The number of carbonyl (C=O) groups excluding carboxylic acids is 16. The van der Waals surface area contributed by atoms with Gasteiger partial charge in [-0.15, -0.1) is 0 Å². The predicted molar refractivity (Wildman–Crippen MR) is 363 cm³/mol. The summed E-state index contributed by atoms with van der Waals surface area (Å²) in [5.41, 5.74) is 17.9. The van der Waals surface area contributed by atoms with E-state index in [0.29, 0.717) is 16.5 Å². The van der Waals surface area contributed by atoms with Crippen molar-refractivity contribution in [2.75, 3.05) is 32.0 Å². The van der Waals surface area contributed by atoms with Gasteiger partial charge in [0.1, 0.15) is 72.6 Å². The van der Waals surface area contributed by atoms with Gasteiger partial charge >= 0.3 is 29.8 Å². The van der Waals surface area contributed by atoms with Crippen molar-refractivity contribution in [1.29, 1.82) is 0 Å². The lowest BCUT2D eigenvalue weighted by Crippen LogP contribution is -2.62. The first-order valence-corrected chi connectivity index (χ1v) is 32.8. The molecule has 3 aromatic rings. The highest BCUT2D eigenvalue weighted by atomic mass is 16.5. The number of hydrogen-bond acceptors (Lipinski definition) is 24. The lowest BCUT2D eigenvalue weighted by atomic mass is 9.96. The number of carbonyl (C=O) groups is 20. The monoisotopic (exact) mass is 1510 g/mol. The summed E-state index contributed by atoms with van der Waals surface area (Å²) in [6.07, 6.45) is -8.36. The van der Waals surface area contributed by atoms with Crippen LogP contribution in [0, 0.1) is 5.92 Å². The molecule has 0 aliphatic carbocycles. The normalized spacial score (nSPS) is 21.9. The Bertz CT molecular complexity index is 3880. The molecule has 1 aliphatic heterocycles. The van der Waals surface area contributed by atoms with E-state index in [4.69, 9.17) is 21.9 Å². The number of rotatable bonds is 27. The van der Waals surface area contributed by atoms with E-state index >= 15 is 0 Å². The SMILES string of the molecule is CC(=O)N[C@@H](Cc1c[nH]c2ccccc12)C(=O)N[C@@H](CC(N)=O)C(=O)NC(CC(=O)O)C(=O)NC1C(=O)NCC(=O)NC(CCCN)C(=O)NC(CC(=O)O)C(=O)NC(C)C(=O)NC(CC(=O)O)C(=O)NCC(=O)NC(CO)C(=O)NC(C(C)CC(=O)O)C(=O)NC(CC(=O)c2ccccc2N)C(=O)OC1C. The number of carboxylic acids is 4. The van der Waals surface area contributed by atoms with E-state index in [-0.39, 0.29) is 30.6 Å². The maximum absolute atomic E-state index is 14.7. The second-order valence-electron chi connectivity index (χ2n) is 24.5. The smallest absolute Gasteiger partial charge is 0.329 e. The number of aliphatic carboxylic acids is 4. The van der Waals surface area contributed by atoms with Crippen LogP contribution in [-0.4, -0.2) is 248 Å². The zero-order chi connectivity index (χ0) is 80.1. The minimum Gasteiger partial charge on any atom is -0.481 e. The van der Waals surface area contributed by atoms with Crippen molar-refractivity contribution in [2.24, 2.45) is 17.4 Å². The first-order chi connectivity index (χ1) is 50.3. The number of nitrogens with one attached hydrogen (secondary N) is 14. The third-order valence-electron chi connectivity index (χ3n) is 15.9. The summed E-state index contributed by atoms with van der Waals surface area (Å²) in [6.45, 7) is 0.0906. The van der Waals surface area contributed by atoms with E-state index in [1.165, 1.54) is 30.5 Å². The summed E-state index contributed by atoms with van der Waals surface area (Å²) in [7, 11) is 0. The summed E-state index contributed by atoms with van der Waals surface area (Å²) < 4.78 is 5.64. The van der Waals surface area contributed by atoms with Crippen LogP contribution in [0.5, 0.6) is 0 Å². The first-order valence-electron chi connectivity index (χ1n) is 32.8. The molecule has 2 heterocycles. The van der Waals surface area contributed by atoms with Gasteiger partial charge in [-0.05, 0) is 62.9 Å². The number of primary amides is 1. The molecule has 1 aliphatic rings. The van der Waals surface area contributed by atoms with Gasteiger partial charge in [0.2, 0.25) is 82.7 Å². The van der Waals surface area contributed by atoms with Gasteiger partial charge in [0.25, 0.3) is 0 Å². The number of para-hydroxylation sites is 2. The lowest BCUT2D eigenvalue weighted by molar-refractivity contribution is -0.156. The van der Waals surface area contributed by atoms with Gasteiger partial charge in [0.05, 0.1) is 51.8 Å². The van der Waals surface area contributed by atoms with Crippen LogP contribution in [-0.2, 0) is 102 Å². The Balaban J connectivity index is 1.88. The minimum atomic E-state index is -2.45. The van der Waals surface area contributed by atoms with Gasteiger partial charge in [-0.3, -0.25) is 91.1 Å². The summed E-state index contributed by atoms with van der Waals surface area (Å²) >= 11 is 0. The molecule has 0 spiro atoms. The van der Waals surface area contributed by atoms with Crippen LogP contribution in [0.2, 0.25) is 0 Å². The average molecular weight is 1510 g/mol. The van der Waals surface area contributed by atoms with Crippen molar-refractivity contribution < 1.29 is 126 Å². The summed E-state index contributed by atoms with van der Waals surface area (Å²) in [4.78, 5) is 273. The number of ketones is 1. The number of aliphatic hydroxyl groups excluding tert-OH is 1. The number of nitrogen functional groups attached to an aromatic ring is 1. The van der Waals surface area contributed by atoms with Crippen LogP contribution in [0.3, 0.4) is 0 Å². The maximum Gasteiger partial charge on any atom is 0.329 e. The Morgan fingerprint density at radius 1 is 0.570 bits per heavy atom. The third-order valence-corrected chi connectivity index (χ3v) is 15.9. The fourth-order valence-electron chi connectivity index (χ4n) is 10.5. The van der Waals surface area contributed by atoms with E-state index in [1.54, 1.807) is 24.3 Å². The van der Waals surface area contributed by atoms with E-state index < -0.39 is 261 Å². The van der Waals surface area contributed by atoms with Crippen molar-refractivity contribution in [2.45, 2.75) is 158 Å². The number of nitrogens with two attached hydrogens (primary N) is 3. The van der Waals surface area contributed by atoms with Crippen molar-refractivity contribution in [1.82, 2.24) is 74.1 Å². The fourth-order valence-corrected chi connectivity index (χ4v) is 10.5. The number of cyclic esters (lactones) is 1. The quantitative estimate of drug-likeness (QED) is 0.0191. The number of aliphatic hydroxyl groups is 1. The van der Waals surface area contributed by atoms with Crippen LogP contribution in [0.15, 0.2) is 54.7 Å². The van der Waals surface area contributed by atoms with Crippen LogP contribution in [0.4, 0.5) is 5.69 Å². The Morgan fingerprint density at radius 2 is 1.10 bits per heavy atom. The second kappa shape index (κ2) is 41.6. The van der Waals surface area contributed by atoms with Crippen molar-refractivity contribution in [3.63, 3.8) is 0 Å². The molecule has 43 heteroatoms. The van der Waals surface area contributed by atoms with Gasteiger partial charge in [-0.2, -0.15) is 0 Å². The number of H-pyrrole nitrogens is 1. The van der Waals surface area contributed by atoms with Crippen molar-refractivity contribution in [3.05, 3.63) is 65.9 Å². The average Bonchev–Trinajstić information content (AvgIpc) is 1.44. The molecule has 14 amide bonds.